The van der Waals surface area contributed by atoms with E-state index in [1.54, 1.807) is 11.3 Å². The van der Waals surface area contributed by atoms with Crippen LogP contribution in [0.1, 0.15) is 16.5 Å². The van der Waals surface area contributed by atoms with Gasteiger partial charge in [-0.3, -0.25) is 0 Å². The summed E-state index contributed by atoms with van der Waals surface area (Å²) in [7, 11) is 0. The number of rotatable bonds is 2. The van der Waals surface area contributed by atoms with Crippen molar-refractivity contribution in [1.82, 2.24) is 0 Å². The van der Waals surface area contributed by atoms with Crippen molar-refractivity contribution >= 4 is 51.3 Å². The molecule has 16 heavy (non-hydrogen) atoms. The predicted octanol–water partition coefficient (Wildman–Crippen LogP) is 4.63. The fourth-order valence-corrected chi connectivity index (χ4v) is 3.05. The first-order chi connectivity index (χ1) is 7.18. The van der Waals surface area contributed by atoms with Crippen LogP contribution in [0.2, 0.25) is 5.02 Å². The van der Waals surface area contributed by atoms with E-state index in [9.17, 15) is 0 Å². The topological polar surface area (TPSA) is 26.0 Å². The van der Waals surface area contributed by atoms with Crippen LogP contribution in [-0.4, -0.2) is 0 Å². The van der Waals surface area contributed by atoms with E-state index in [-0.39, 0.29) is 18.4 Å². The third-order valence-electron chi connectivity index (χ3n) is 2.15. The van der Waals surface area contributed by atoms with Gasteiger partial charge in [0.05, 0.1) is 6.04 Å². The molecular formula is C11H10BrCl2NS. The van der Waals surface area contributed by atoms with E-state index >= 15 is 0 Å². The highest BCUT2D eigenvalue weighted by molar-refractivity contribution is 9.10. The van der Waals surface area contributed by atoms with E-state index in [4.69, 9.17) is 17.3 Å². The smallest absolute Gasteiger partial charge is 0.0657 e. The zero-order valence-electron chi connectivity index (χ0n) is 8.19. The molecule has 1 heterocycles. The highest BCUT2D eigenvalue weighted by Gasteiger charge is 2.12. The molecular weight excluding hydrogens is 329 g/mol. The molecule has 0 spiro atoms. The summed E-state index contributed by atoms with van der Waals surface area (Å²) in [5.74, 6) is 0. The molecule has 0 aliphatic rings. The Morgan fingerprint density at radius 2 is 2.06 bits per heavy atom. The van der Waals surface area contributed by atoms with Crippen LogP contribution in [0.5, 0.6) is 0 Å². The maximum Gasteiger partial charge on any atom is 0.0657 e. The molecule has 0 saturated carbocycles. The minimum Gasteiger partial charge on any atom is -0.320 e. The van der Waals surface area contributed by atoms with Crippen molar-refractivity contribution in [2.75, 3.05) is 0 Å². The minimum absolute atomic E-state index is 0. The Morgan fingerprint density at radius 3 is 2.62 bits per heavy atom. The molecule has 0 amide bonds. The predicted molar refractivity (Wildman–Crippen MR) is 76.7 cm³/mol. The van der Waals surface area contributed by atoms with Crippen molar-refractivity contribution < 1.29 is 0 Å². The molecule has 0 fully saturated rings. The number of halogens is 3. The van der Waals surface area contributed by atoms with Crippen LogP contribution in [0.4, 0.5) is 0 Å². The molecule has 0 saturated heterocycles. The molecule has 86 valence electrons. The highest BCUT2D eigenvalue weighted by atomic mass is 79.9. The van der Waals surface area contributed by atoms with Crippen molar-refractivity contribution in [3.8, 4) is 0 Å². The van der Waals surface area contributed by atoms with Crippen LogP contribution in [-0.2, 0) is 0 Å². The normalized spacial score (nSPS) is 11.9. The van der Waals surface area contributed by atoms with Gasteiger partial charge in [0.25, 0.3) is 0 Å². The lowest BCUT2D eigenvalue weighted by Crippen LogP contribution is -2.10. The van der Waals surface area contributed by atoms with Gasteiger partial charge in [0, 0.05) is 14.4 Å². The Labute approximate surface area is 118 Å². The molecule has 0 unspecified atom stereocenters. The van der Waals surface area contributed by atoms with Gasteiger partial charge in [-0.05, 0) is 29.1 Å². The number of nitrogens with two attached hydrogens (primary N) is 1. The lowest BCUT2D eigenvalue weighted by Gasteiger charge is -2.12. The van der Waals surface area contributed by atoms with Crippen molar-refractivity contribution in [3.05, 3.63) is 55.6 Å². The second-order valence-corrected chi connectivity index (χ2v) is 5.43. The Bertz CT molecular complexity index is 459. The second kappa shape index (κ2) is 6.03. The summed E-state index contributed by atoms with van der Waals surface area (Å²) in [6, 6.07) is 9.63. The Balaban J connectivity index is 0.00000128. The average Bonchev–Trinajstić information content (AvgIpc) is 2.69. The first kappa shape index (κ1) is 14.0. The molecule has 1 aromatic heterocycles. The summed E-state index contributed by atoms with van der Waals surface area (Å²) in [5, 5.41) is 2.74. The van der Waals surface area contributed by atoms with Gasteiger partial charge in [-0.2, -0.15) is 0 Å². The fourth-order valence-electron chi connectivity index (χ4n) is 1.38. The molecule has 1 atom stereocenters. The highest BCUT2D eigenvalue weighted by Crippen LogP contribution is 2.30. The average molecular weight is 339 g/mol. The van der Waals surface area contributed by atoms with Gasteiger partial charge in [0.2, 0.25) is 0 Å². The van der Waals surface area contributed by atoms with Gasteiger partial charge in [0.15, 0.2) is 0 Å². The van der Waals surface area contributed by atoms with Crippen LogP contribution in [0, 0.1) is 0 Å². The summed E-state index contributed by atoms with van der Waals surface area (Å²) in [6.45, 7) is 0. The molecule has 1 nitrogen and oxygen atoms in total. The summed E-state index contributed by atoms with van der Waals surface area (Å²) in [4.78, 5) is 1.15. The number of thiophene rings is 1. The van der Waals surface area contributed by atoms with Crippen LogP contribution in [0.15, 0.2) is 40.2 Å². The van der Waals surface area contributed by atoms with Crippen molar-refractivity contribution in [2.24, 2.45) is 5.73 Å². The fraction of sp³-hybridized carbons (Fsp3) is 0.0909. The van der Waals surface area contributed by atoms with E-state index < -0.39 is 0 Å². The molecule has 0 aliphatic carbocycles. The van der Waals surface area contributed by atoms with Gasteiger partial charge in [0.1, 0.15) is 0 Å². The maximum absolute atomic E-state index is 6.15. The molecule has 2 N–H and O–H groups in total. The van der Waals surface area contributed by atoms with Crippen LogP contribution < -0.4 is 5.73 Å². The maximum atomic E-state index is 6.15. The summed E-state index contributed by atoms with van der Waals surface area (Å²) >= 11 is 11.0. The molecule has 2 rings (SSSR count). The van der Waals surface area contributed by atoms with Gasteiger partial charge >= 0.3 is 0 Å². The van der Waals surface area contributed by atoms with Gasteiger partial charge < -0.3 is 5.73 Å². The second-order valence-electron chi connectivity index (χ2n) is 3.16. The summed E-state index contributed by atoms with van der Waals surface area (Å²) in [6.07, 6.45) is 0. The zero-order valence-corrected chi connectivity index (χ0v) is 12.2. The number of benzene rings is 1. The van der Waals surface area contributed by atoms with E-state index in [1.165, 1.54) is 0 Å². The number of hydrogen-bond donors (Lipinski definition) is 1. The molecule has 0 radical (unpaired) electrons. The molecule has 5 heteroatoms. The number of hydrogen-bond acceptors (Lipinski definition) is 2. The lowest BCUT2D eigenvalue weighted by molar-refractivity contribution is 0.887. The zero-order chi connectivity index (χ0) is 10.8. The van der Waals surface area contributed by atoms with Crippen molar-refractivity contribution in [1.29, 1.82) is 0 Å². The monoisotopic (exact) mass is 337 g/mol. The Morgan fingerprint density at radius 1 is 1.31 bits per heavy atom. The summed E-state index contributed by atoms with van der Waals surface area (Å²) in [5.41, 5.74) is 7.21. The van der Waals surface area contributed by atoms with Crippen LogP contribution in [0.3, 0.4) is 0 Å². The van der Waals surface area contributed by atoms with Crippen LogP contribution in [0.25, 0.3) is 0 Å². The first-order valence-electron chi connectivity index (χ1n) is 4.42. The van der Waals surface area contributed by atoms with E-state index in [1.807, 2.05) is 35.7 Å². The van der Waals surface area contributed by atoms with E-state index in [2.05, 4.69) is 15.9 Å². The van der Waals surface area contributed by atoms with Crippen LogP contribution >= 0.6 is 51.3 Å². The molecule has 0 aliphatic heterocycles. The van der Waals surface area contributed by atoms with Crippen molar-refractivity contribution in [3.63, 3.8) is 0 Å². The van der Waals surface area contributed by atoms with Crippen molar-refractivity contribution in [2.45, 2.75) is 6.04 Å². The minimum atomic E-state index is -0.0864. The third-order valence-corrected chi connectivity index (χ3v) is 4.02. The molecule has 2 aromatic rings. The molecule has 1 aromatic carbocycles. The first-order valence-corrected chi connectivity index (χ1v) is 6.47. The summed E-state index contributed by atoms with van der Waals surface area (Å²) < 4.78 is 0.955. The van der Waals surface area contributed by atoms with Gasteiger partial charge in [-0.25, -0.2) is 0 Å². The Kier molecular flexibility index (Phi) is 5.28. The largest absolute Gasteiger partial charge is 0.320 e. The standard InChI is InChI=1S/C11H9BrClNS.ClH/c12-9-6-7(13)3-4-8(9)11(14)10-2-1-5-15-10;/h1-6,11H,14H2;1H/t11-;/m0./s1. The van der Waals surface area contributed by atoms with E-state index in [0.29, 0.717) is 5.02 Å². The quantitative estimate of drug-likeness (QED) is 0.848. The SMILES string of the molecule is Cl.N[C@H](c1cccs1)c1ccc(Cl)cc1Br. The lowest BCUT2D eigenvalue weighted by atomic mass is 10.1. The van der Waals surface area contributed by atoms with E-state index in [0.717, 1.165) is 14.9 Å². The molecule has 0 bridgehead atoms. The van der Waals surface area contributed by atoms with Gasteiger partial charge in [-0.1, -0.05) is 39.7 Å². The third kappa shape index (κ3) is 2.99. The van der Waals surface area contributed by atoms with Gasteiger partial charge in [-0.15, -0.1) is 23.7 Å². The Hall–Kier alpha value is -0.0600.